The highest BCUT2D eigenvalue weighted by Gasteiger charge is 2.41. The Balaban J connectivity index is 1.07. The Morgan fingerprint density at radius 3 is 1.75 bits per heavy atom. The van der Waals surface area contributed by atoms with Crippen LogP contribution in [-0.4, -0.2) is 15.0 Å². The van der Waals surface area contributed by atoms with Crippen LogP contribution in [0.1, 0.15) is 34.3 Å². The molecule has 2 heterocycles. The summed E-state index contributed by atoms with van der Waals surface area (Å²) in [5.74, 6) is 2.79. The van der Waals surface area contributed by atoms with Gasteiger partial charge in [-0.3, -0.25) is 0 Å². The van der Waals surface area contributed by atoms with Crippen LogP contribution >= 0.6 is 0 Å². The topological polar surface area (TPSA) is 47.9 Å². The number of benzene rings is 7. The third-order valence-electron chi connectivity index (χ3n) is 10.1. The number of ether oxygens (including phenoxy) is 1. The quantitative estimate of drug-likeness (QED) is 0.185. The Bertz CT molecular complexity index is 2570. The molecule has 51 heavy (non-hydrogen) atoms. The fourth-order valence-electron chi connectivity index (χ4n) is 7.58. The molecule has 2 atom stereocenters. The first kappa shape index (κ1) is 29.3. The first-order chi connectivity index (χ1) is 25.2. The summed E-state index contributed by atoms with van der Waals surface area (Å²) >= 11 is 0. The number of rotatable bonds is 5. The second-order valence-electron chi connectivity index (χ2n) is 13.2. The van der Waals surface area contributed by atoms with E-state index < -0.39 is 0 Å². The van der Waals surface area contributed by atoms with E-state index in [0.29, 0.717) is 17.5 Å². The van der Waals surface area contributed by atoms with Crippen molar-refractivity contribution in [1.82, 2.24) is 15.0 Å². The van der Waals surface area contributed by atoms with E-state index in [0.717, 1.165) is 22.4 Å². The molecular formula is C47H31N3O. The number of hydrogen-bond donors (Lipinski definition) is 0. The van der Waals surface area contributed by atoms with Crippen molar-refractivity contribution in [3.8, 4) is 51.0 Å². The van der Waals surface area contributed by atoms with E-state index in [2.05, 4.69) is 115 Å². The van der Waals surface area contributed by atoms with E-state index in [1.807, 2.05) is 60.7 Å². The zero-order chi connectivity index (χ0) is 33.7. The van der Waals surface area contributed by atoms with Gasteiger partial charge in [-0.25, -0.2) is 15.0 Å². The highest BCUT2D eigenvalue weighted by molar-refractivity contribution is 5.92. The van der Waals surface area contributed by atoms with Crippen molar-refractivity contribution in [3.05, 3.63) is 192 Å². The largest absolute Gasteiger partial charge is 0.484 e. The van der Waals surface area contributed by atoms with Gasteiger partial charge < -0.3 is 4.74 Å². The fourth-order valence-corrected chi connectivity index (χ4v) is 7.58. The molecule has 1 aliphatic carbocycles. The predicted octanol–water partition coefficient (Wildman–Crippen LogP) is 11.5. The van der Waals surface area contributed by atoms with Crippen LogP contribution in [0.5, 0.6) is 5.75 Å². The summed E-state index contributed by atoms with van der Waals surface area (Å²) in [4.78, 5) is 14.8. The van der Waals surface area contributed by atoms with Crippen LogP contribution in [0.3, 0.4) is 0 Å². The zero-order valence-electron chi connectivity index (χ0n) is 27.6. The molecule has 1 aliphatic heterocycles. The lowest BCUT2D eigenvalue weighted by Gasteiger charge is -2.29. The minimum atomic E-state index is -0.145. The van der Waals surface area contributed by atoms with E-state index in [-0.39, 0.29) is 12.0 Å². The third-order valence-corrected chi connectivity index (χ3v) is 10.1. The van der Waals surface area contributed by atoms with Crippen molar-refractivity contribution in [2.45, 2.75) is 12.0 Å². The van der Waals surface area contributed by atoms with Gasteiger partial charge in [0.25, 0.3) is 0 Å². The van der Waals surface area contributed by atoms with Gasteiger partial charge in [-0.05, 0) is 62.9 Å². The predicted molar refractivity (Wildman–Crippen MR) is 206 cm³/mol. The van der Waals surface area contributed by atoms with Crippen LogP contribution in [0.4, 0.5) is 0 Å². The van der Waals surface area contributed by atoms with Crippen LogP contribution in [0.15, 0.2) is 170 Å². The van der Waals surface area contributed by atoms with Crippen LogP contribution in [0.25, 0.3) is 67.7 Å². The van der Waals surface area contributed by atoms with E-state index in [1.165, 1.54) is 49.7 Å². The van der Waals surface area contributed by atoms with Gasteiger partial charge in [0.1, 0.15) is 11.9 Å². The maximum atomic E-state index is 6.93. The summed E-state index contributed by atoms with van der Waals surface area (Å²) in [6.45, 7) is 0. The lowest BCUT2D eigenvalue weighted by Crippen LogP contribution is -2.16. The van der Waals surface area contributed by atoms with Gasteiger partial charge in [0.2, 0.25) is 0 Å². The molecule has 4 nitrogen and oxygen atoms in total. The van der Waals surface area contributed by atoms with Crippen molar-refractivity contribution >= 4 is 22.4 Å². The van der Waals surface area contributed by atoms with Crippen molar-refractivity contribution in [2.75, 3.05) is 0 Å². The second kappa shape index (κ2) is 12.0. The summed E-state index contributed by atoms with van der Waals surface area (Å²) in [6.07, 6.45) is 2.21. The Morgan fingerprint density at radius 1 is 0.392 bits per heavy atom. The molecule has 0 N–H and O–H groups in total. The maximum absolute atomic E-state index is 6.93. The molecule has 0 spiro atoms. The monoisotopic (exact) mass is 653 g/mol. The van der Waals surface area contributed by atoms with E-state index in [1.54, 1.807) is 0 Å². The molecule has 0 saturated carbocycles. The molecule has 0 fully saturated rings. The van der Waals surface area contributed by atoms with Crippen LogP contribution in [0, 0.1) is 0 Å². The average Bonchev–Trinajstić information content (AvgIpc) is 3.60. The molecule has 7 aromatic carbocycles. The Hall–Kier alpha value is -6.65. The van der Waals surface area contributed by atoms with Crippen molar-refractivity contribution in [2.24, 2.45) is 0 Å². The summed E-state index contributed by atoms with van der Waals surface area (Å²) in [5.41, 5.74) is 11.2. The van der Waals surface area contributed by atoms with Gasteiger partial charge in [-0.1, -0.05) is 152 Å². The highest BCUT2D eigenvalue weighted by atomic mass is 16.5. The molecule has 2 unspecified atom stereocenters. The molecule has 4 heteroatoms. The molecular weight excluding hydrogens is 623 g/mol. The zero-order valence-corrected chi connectivity index (χ0v) is 27.6. The van der Waals surface area contributed by atoms with Crippen LogP contribution in [-0.2, 0) is 0 Å². The molecule has 10 rings (SSSR count). The SMILES string of the molecule is C1=C(c2cccc(-c3ccc4ccccc4c3)c2)C2c3ccc(-c4nc(-c5ccccc5)nc(-c5ccccc5)n4)cc3OC2c2ccccc21. The van der Waals surface area contributed by atoms with Gasteiger partial charge in [0.05, 0.1) is 5.92 Å². The summed E-state index contributed by atoms with van der Waals surface area (Å²) in [5, 5.41) is 2.49. The molecule has 0 radical (unpaired) electrons. The molecule has 1 aromatic heterocycles. The third kappa shape index (κ3) is 5.20. The lowest BCUT2D eigenvalue weighted by atomic mass is 9.75. The second-order valence-corrected chi connectivity index (χ2v) is 13.2. The van der Waals surface area contributed by atoms with Gasteiger partial charge in [0, 0.05) is 27.8 Å². The van der Waals surface area contributed by atoms with Crippen LogP contribution in [0.2, 0.25) is 0 Å². The van der Waals surface area contributed by atoms with Crippen molar-refractivity contribution in [3.63, 3.8) is 0 Å². The fraction of sp³-hybridized carbons (Fsp3) is 0.0426. The number of aromatic nitrogens is 3. The Labute approximate surface area is 296 Å². The molecule has 8 aromatic rings. The minimum Gasteiger partial charge on any atom is -0.484 e. The first-order valence-electron chi connectivity index (χ1n) is 17.3. The lowest BCUT2D eigenvalue weighted by molar-refractivity contribution is 0.226. The van der Waals surface area contributed by atoms with Crippen molar-refractivity contribution in [1.29, 1.82) is 0 Å². The normalized spacial score (nSPS) is 15.7. The average molecular weight is 654 g/mol. The first-order valence-corrected chi connectivity index (χ1v) is 17.3. The minimum absolute atomic E-state index is 0.0360. The molecule has 0 bridgehead atoms. The van der Waals surface area contributed by atoms with E-state index in [4.69, 9.17) is 19.7 Å². The maximum Gasteiger partial charge on any atom is 0.164 e. The molecule has 240 valence electrons. The number of fused-ring (bicyclic) bond motifs is 6. The Morgan fingerprint density at radius 2 is 0.980 bits per heavy atom. The summed E-state index contributed by atoms with van der Waals surface area (Å²) < 4.78 is 6.93. The Kier molecular flexibility index (Phi) is 6.91. The van der Waals surface area contributed by atoms with Gasteiger partial charge in [-0.15, -0.1) is 0 Å². The summed E-state index contributed by atoms with van der Waals surface area (Å²) in [6, 6.07) is 59.4. The van der Waals surface area contributed by atoms with Gasteiger partial charge in [-0.2, -0.15) is 0 Å². The van der Waals surface area contributed by atoms with Gasteiger partial charge in [0.15, 0.2) is 17.5 Å². The molecule has 0 saturated heterocycles. The summed E-state index contributed by atoms with van der Waals surface area (Å²) in [7, 11) is 0. The number of nitrogens with zero attached hydrogens (tertiary/aromatic N) is 3. The highest BCUT2D eigenvalue weighted by Crippen LogP contribution is 2.56. The standard InChI is InChI=1S/C47H31N3O/c1-3-13-31(14-4-1)45-48-46(32-15-5-2-6-16-32)50-47(49-45)38-24-25-40-42(29-38)51-44-39-21-10-9-18-37(39)28-41(43(40)44)36-20-11-19-34(27-36)35-23-22-30-12-7-8-17-33(30)26-35/h1-29,43-44H. The number of hydrogen-bond acceptors (Lipinski definition) is 4. The smallest absolute Gasteiger partial charge is 0.164 e. The molecule has 0 amide bonds. The van der Waals surface area contributed by atoms with Gasteiger partial charge >= 0.3 is 0 Å². The molecule has 2 aliphatic rings. The van der Waals surface area contributed by atoms with Crippen LogP contribution < -0.4 is 4.74 Å². The van der Waals surface area contributed by atoms with E-state index in [9.17, 15) is 0 Å². The van der Waals surface area contributed by atoms with E-state index >= 15 is 0 Å². The van der Waals surface area contributed by atoms with Crippen molar-refractivity contribution < 1.29 is 4.74 Å².